The van der Waals surface area contributed by atoms with Crippen molar-refractivity contribution in [1.82, 2.24) is 0 Å². The maximum Gasteiger partial charge on any atom is 0.0148 e. The van der Waals surface area contributed by atoms with Crippen molar-refractivity contribution in [3.63, 3.8) is 0 Å². The molecule has 0 spiro atoms. The summed E-state index contributed by atoms with van der Waals surface area (Å²) >= 11 is 3.75. The summed E-state index contributed by atoms with van der Waals surface area (Å²) in [5, 5.41) is 0. The monoisotopic (exact) mass is 216 g/mol. The highest BCUT2D eigenvalue weighted by Crippen LogP contribution is 2.42. The number of halogens is 1. The number of fused-ring (bicyclic) bond motifs is 1. The van der Waals surface area contributed by atoms with Crippen LogP contribution in [0.1, 0.15) is 44.9 Å². The first-order chi connectivity index (χ1) is 5.36. The highest BCUT2D eigenvalue weighted by atomic mass is 79.9. The molecular formula is C10H17Br. The highest BCUT2D eigenvalue weighted by Gasteiger charge is 2.30. The second-order valence-electron chi connectivity index (χ2n) is 4.21. The zero-order valence-electron chi connectivity index (χ0n) is 7.06. The highest BCUT2D eigenvalue weighted by molar-refractivity contribution is 9.09. The van der Waals surface area contributed by atoms with Gasteiger partial charge in [-0.05, 0) is 31.1 Å². The largest absolute Gasteiger partial charge is 0.0891 e. The lowest BCUT2D eigenvalue weighted by Crippen LogP contribution is -2.27. The van der Waals surface area contributed by atoms with E-state index < -0.39 is 0 Å². The van der Waals surface area contributed by atoms with E-state index in [0.29, 0.717) is 0 Å². The first-order valence-corrected chi connectivity index (χ1v) is 5.92. The third kappa shape index (κ3) is 1.80. The zero-order valence-corrected chi connectivity index (χ0v) is 8.65. The van der Waals surface area contributed by atoms with Gasteiger partial charge in [-0.1, -0.05) is 41.6 Å². The van der Waals surface area contributed by atoms with Crippen molar-refractivity contribution in [2.24, 2.45) is 11.8 Å². The van der Waals surface area contributed by atoms with Crippen LogP contribution in [0.15, 0.2) is 0 Å². The molecule has 3 unspecified atom stereocenters. The molecule has 0 N–H and O–H groups in total. The second kappa shape index (κ2) is 3.47. The lowest BCUT2D eigenvalue weighted by Gasteiger charge is -2.37. The molecule has 2 fully saturated rings. The quantitative estimate of drug-likeness (QED) is 0.542. The normalized spacial score (nSPS) is 45.0. The van der Waals surface area contributed by atoms with Crippen LogP contribution >= 0.6 is 15.9 Å². The summed E-state index contributed by atoms with van der Waals surface area (Å²) in [5.41, 5.74) is 0. The molecular weight excluding hydrogens is 200 g/mol. The molecule has 0 bridgehead atoms. The van der Waals surface area contributed by atoms with E-state index in [1.54, 1.807) is 0 Å². The topological polar surface area (TPSA) is 0 Å². The molecule has 0 aromatic heterocycles. The molecule has 2 aliphatic rings. The van der Waals surface area contributed by atoms with E-state index in [1.807, 2.05) is 0 Å². The zero-order chi connectivity index (χ0) is 7.68. The average molecular weight is 217 g/mol. The maximum atomic E-state index is 3.75. The Morgan fingerprint density at radius 2 is 1.55 bits per heavy atom. The first-order valence-electron chi connectivity index (χ1n) is 5.00. The molecule has 3 atom stereocenters. The fourth-order valence-corrected chi connectivity index (χ4v) is 3.56. The first kappa shape index (κ1) is 8.10. The number of hydrogen-bond acceptors (Lipinski definition) is 0. The van der Waals surface area contributed by atoms with Crippen molar-refractivity contribution >= 4 is 15.9 Å². The fourth-order valence-electron chi connectivity index (χ4n) is 2.82. The molecule has 0 amide bonds. The maximum absolute atomic E-state index is 3.75. The van der Waals surface area contributed by atoms with Gasteiger partial charge in [-0.2, -0.15) is 0 Å². The van der Waals surface area contributed by atoms with Crippen molar-refractivity contribution in [3.05, 3.63) is 0 Å². The van der Waals surface area contributed by atoms with Crippen LogP contribution in [0.3, 0.4) is 0 Å². The standard InChI is InChI=1S/C10H17Br/c11-10-6-5-8-3-1-2-4-9(8)7-10/h8-10H,1-7H2. The molecule has 64 valence electrons. The van der Waals surface area contributed by atoms with Crippen LogP contribution in [-0.4, -0.2) is 4.83 Å². The van der Waals surface area contributed by atoms with Crippen molar-refractivity contribution < 1.29 is 0 Å². The Bertz CT molecular complexity index is 133. The van der Waals surface area contributed by atoms with Gasteiger partial charge in [0.1, 0.15) is 0 Å². The van der Waals surface area contributed by atoms with Crippen molar-refractivity contribution in [1.29, 1.82) is 0 Å². The van der Waals surface area contributed by atoms with Gasteiger partial charge in [-0.25, -0.2) is 0 Å². The van der Waals surface area contributed by atoms with Gasteiger partial charge in [0.05, 0.1) is 0 Å². The van der Waals surface area contributed by atoms with Crippen molar-refractivity contribution in [3.8, 4) is 0 Å². The molecule has 0 heterocycles. The Balaban J connectivity index is 1.93. The van der Waals surface area contributed by atoms with Gasteiger partial charge in [0, 0.05) is 4.83 Å². The summed E-state index contributed by atoms with van der Waals surface area (Å²) in [6.07, 6.45) is 10.5. The molecule has 0 saturated heterocycles. The minimum Gasteiger partial charge on any atom is -0.0891 e. The molecule has 0 aromatic carbocycles. The minimum absolute atomic E-state index is 0.849. The third-order valence-corrected chi connectivity index (χ3v) is 4.31. The summed E-state index contributed by atoms with van der Waals surface area (Å²) in [6, 6.07) is 0. The third-order valence-electron chi connectivity index (χ3n) is 3.48. The molecule has 0 aliphatic heterocycles. The lowest BCUT2D eigenvalue weighted by molar-refractivity contribution is 0.176. The predicted octanol–water partition coefficient (Wildman–Crippen LogP) is 3.74. The summed E-state index contributed by atoms with van der Waals surface area (Å²) in [4.78, 5) is 0.849. The van der Waals surface area contributed by atoms with Crippen LogP contribution in [0.2, 0.25) is 0 Å². The Morgan fingerprint density at radius 3 is 2.36 bits per heavy atom. The Labute approximate surface area is 77.9 Å². The van der Waals surface area contributed by atoms with Gasteiger partial charge in [0.25, 0.3) is 0 Å². The SMILES string of the molecule is BrC1CCC2CCCCC2C1. The number of hydrogen-bond donors (Lipinski definition) is 0. The fraction of sp³-hybridized carbons (Fsp3) is 1.00. The van der Waals surface area contributed by atoms with E-state index in [0.717, 1.165) is 16.7 Å². The summed E-state index contributed by atoms with van der Waals surface area (Å²) in [6.45, 7) is 0. The van der Waals surface area contributed by atoms with Crippen LogP contribution in [-0.2, 0) is 0 Å². The molecule has 2 saturated carbocycles. The van der Waals surface area contributed by atoms with Gasteiger partial charge in [-0.3, -0.25) is 0 Å². The molecule has 11 heavy (non-hydrogen) atoms. The van der Waals surface area contributed by atoms with Crippen LogP contribution < -0.4 is 0 Å². The summed E-state index contributed by atoms with van der Waals surface area (Å²) in [5.74, 6) is 2.19. The molecule has 0 aromatic rings. The molecule has 1 heteroatoms. The van der Waals surface area contributed by atoms with Crippen LogP contribution in [0.25, 0.3) is 0 Å². The van der Waals surface area contributed by atoms with Crippen molar-refractivity contribution in [2.45, 2.75) is 49.8 Å². The van der Waals surface area contributed by atoms with E-state index in [-0.39, 0.29) is 0 Å². The summed E-state index contributed by atoms with van der Waals surface area (Å²) < 4.78 is 0. The van der Waals surface area contributed by atoms with E-state index in [2.05, 4.69) is 15.9 Å². The van der Waals surface area contributed by atoms with Crippen LogP contribution in [0, 0.1) is 11.8 Å². The van der Waals surface area contributed by atoms with E-state index >= 15 is 0 Å². The molecule has 2 rings (SSSR count). The molecule has 0 radical (unpaired) electrons. The Hall–Kier alpha value is 0.480. The molecule has 2 aliphatic carbocycles. The Morgan fingerprint density at radius 1 is 0.818 bits per heavy atom. The van der Waals surface area contributed by atoms with Gasteiger partial charge in [-0.15, -0.1) is 0 Å². The van der Waals surface area contributed by atoms with Crippen LogP contribution in [0.4, 0.5) is 0 Å². The average Bonchev–Trinajstić information content (AvgIpc) is 2.04. The van der Waals surface area contributed by atoms with Gasteiger partial charge >= 0.3 is 0 Å². The minimum atomic E-state index is 0.849. The van der Waals surface area contributed by atoms with E-state index in [9.17, 15) is 0 Å². The smallest absolute Gasteiger partial charge is 0.0148 e. The predicted molar refractivity (Wildman–Crippen MR) is 52.0 cm³/mol. The Kier molecular flexibility index (Phi) is 2.55. The van der Waals surface area contributed by atoms with Gasteiger partial charge < -0.3 is 0 Å². The summed E-state index contributed by atoms with van der Waals surface area (Å²) in [7, 11) is 0. The van der Waals surface area contributed by atoms with Crippen molar-refractivity contribution in [2.75, 3.05) is 0 Å². The van der Waals surface area contributed by atoms with Gasteiger partial charge in [0.2, 0.25) is 0 Å². The number of alkyl halides is 1. The number of rotatable bonds is 0. The van der Waals surface area contributed by atoms with Gasteiger partial charge in [0.15, 0.2) is 0 Å². The van der Waals surface area contributed by atoms with Crippen LogP contribution in [0.5, 0.6) is 0 Å². The second-order valence-corrected chi connectivity index (χ2v) is 5.51. The lowest BCUT2D eigenvalue weighted by atomic mass is 9.71. The van der Waals surface area contributed by atoms with E-state index in [1.165, 1.54) is 44.9 Å². The molecule has 0 nitrogen and oxygen atoms in total. The van der Waals surface area contributed by atoms with E-state index in [4.69, 9.17) is 0 Å².